The molecule has 0 N–H and O–H groups in total. The van der Waals surface area contributed by atoms with Crippen molar-refractivity contribution in [3.63, 3.8) is 0 Å². The second-order valence-corrected chi connectivity index (χ2v) is 6.63. The van der Waals surface area contributed by atoms with Crippen molar-refractivity contribution in [3.05, 3.63) is 65.2 Å². The summed E-state index contributed by atoms with van der Waals surface area (Å²) in [6.07, 6.45) is 3.00. The number of benzene rings is 1. The lowest BCUT2D eigenvalue weighted by atomic mass is 10.0. The molecule has 7 nitrogen and oxygen atoms in total. The van der Waals surface area contributed by atoms with Gasteiger partial charge in [-0.1, -0.05) is 19.1 Å². The first kappa shape index (κ1) is 16.5. The van der Waals surface area contributed by atoms with Gasteiger partial charge in [-0.3, -0.25) is 4.79 Å². The molecule has 3 heterocycles. The van der Waals surface area contributed by atoms with Gasteiger partial charge in [0.05, 0.1) is 12.6 Å². The summed E-state index contributed by atoms with van der Waals surface area (Å²) in [6.45, 7) is 6.19. The Hall–Kier alpha value is -2.96. The average molecular weight is 350 g/mol. The lowest BCUT2D eigenvalue weighted by molar-refractivity contribution is 0.0618. The summed E-state index contributed by atoms with van der Waals surface area (Å²) in [5.41, 5.74) is 3.01. The van der Waals surface area contributed by atoms with Gasteiger partial charge in [-0.2, -0.15) is 0 Å². The number of tetrazole rings is 1. The average Bonchev–Trinajstić information content (AvgIpc) is 3.30. The number of carbonyl (C=O) groups excluding carboxylic acids is 1. The van der Waals surface area contributed by atoms with Crippen molar-refractivity contribution in [2.45, 2.75) is 39.4 Å². The van der Waals surface area contributed by atoms with Crippen LogP contribution < -0.4 is 0 Å². The minimum atomic E-state index is 0.0921. The Morgan fingerprint density at radius 2 is 2.00 bits per heavy atom. The van der Waals surface area contributed by atoms with Crippen LogP contribution in [-0.2, 0) is 13.1 Å². The van der Waals surface area contributed by atoms with E-state index in [9.17, 15) is 4.79 Å². The molecule has 1 atom stereocenters. The fraction of sp³-hybridized carbons (Fsp3) is 0.368. The highest BCUT2D eigenvalue weighted by Crippen LogP contribution is 2.30. The van der Waals surface area contributed by atoms with Crippen LogP contribution >= 0.6 is 0 Å². The summed E-state index contributed by atoms with van der Waals surface area (Å²) < 4.78 is 3.98. The van der Waals surface area contributed by atoms with E-state index in [4.69, 9.17) is 0 Å². The molecule has 4 rings (SSSR count). The summed E-state index contributed by atoms with van der Waals surface area (Å²) >= 11 is 0. The highest BCUT2D eigenvalue weighted by Gasteiger charge is 2.29. The molecule has 0 radical (unpaired) electrons. The number of nitrogens with zero attached hydrogens (tertiary/aromatic N) is 6. The molecule has 1 amide bonds. The van der Waals surface area contributed by atoms with Crippen LogP contribution in [0.5, 0.6) is 0 Å². The van der Waals surface area contributed by atoms with Crippen molar-refractivity contribution >= 4 is 5.91 Å². The van der Waals surface area contributed by atoms with Crippen LogP contribution in [0.4, 0.5) is 0 Å². The summed E-state index contributed by atoms with van der Waals surface area (Å²) in [6, 6.07) is 12.1. The highest BCUT2D eigenvalue weighted by atomic mass is 16.2. The molecule has 26 heavy (non-hydrogen) atoms. The number of aryl methyl sites for hydroxylation is 1. The molecule has 134 valence electrons. The Morgan fingerprint density at radius 1 is 1.19 bits per heavy atom. The van der Waals surface area contributed by atoms with Crippen molar-refractivity contribution in [3.8, 4) is 0 Å². The normalized spacial score (nSPS) is 16.5. The molecule has 1 aliphatic rings. The number of hydrogen-bond acceptors (Lipinski definition) is 4. The largest absolute Gasteiger partial charge is 0.348 e. The van der Waals surface area contributed by atoms with Gasteiger partial charge in [-0.05, 0) is 53.6 Å². The molecule has 0 spiro atoms. The molecule has 7 heteroatoms. The monoisotopic (exact) mass is 350 g/mol. The Morgan fingerprint density at radius 3 is 2.69 bits per heavy atom. The lowest BCUT2D eigenvalue weighted by Crippen LogP contribution is -2.41. The highest BCUT2D eigenvalue weighted by molar-refractivity contribution is 5.94. The van der Waals surface area contributed by atoms with Crippen molar-refractivity contribution in [1.82, 2.24) is 29.7 Å². The molecule has 0 bridgehead atoms. The molecule has 0 aliphatic carbocycles. The van der Waals surface area contributed by atoms with Crippen LogP contribution in [0.15, 0.2) is 42.6 Å². The molecule has 1 aromatic carbocycles. The van der Waals surface area contributed by atoms with Crippen molar-refractivity contribution in [2.24, 2.45) is 0 Å². The van der Waals surface area contributed by atoms with Gasteiger partial charge in [0.25, 0.3) is 5.91 Å². The van der Waals surface area contributed by atoms with Gasteiger partial charge < -0.3 is 9.47 Å². The zero-order valence-corrected chi connectivity index (χ0v) is 15.0. The van der Waals surface area contributed by atoms with E-state index < -0.39 is 0 Å². The van der Waals surface area contributed by atoms with Crippen LogP contribution in [0, 0.1) is 6.92 Å². The van der Waals surface area contributed by atoms with Crippen LogP contribution in [-0.4, -0.2) is 42.1 Å². The Kier molecular flexibility index (Phi) is 4.28. The van der Waals surface area contributed by atoms with Gasteiger partial charge in [-0.25, -0.2) is 4.68 Å². The van der Waals surface area contributed by atoms with Crippen molar-refractivity contribution < 1.29 is 4.79 Å². The van der Waals surface area contributed by atoms with E-state index in [1.54, 1.807) is 4.68 Å². The van der Waals surface area contributed by atoms with E-state index in [0.717, 1.165) is 36.5 Å². The fourth-order valence-corrected chi connectivity index (χ4v) is 3.62. The fourth-order valence-electron chi connectivity index (χ4n) is 3.62. The van der Waals surface area contributed by atoms with Gasteiger partial charge in [0.2, 0.25) is 0 Å². The van der Waals surface area contributed by atoms with E-state index in [1.165, 1.54) is 5.69 Å². The third kappa shape index (κ3) is 2.89. The number of fused-ring (bicyclic) bond motifs is 1. The first-order valence-electron chi connectivity index (χ1n) is 8.95. The van der Waals surface area contributed by atoms with Crippen molar-refractivity contribution in [2.75, 3.05) is 6.54 Å². The molecule has 0 unspecified atom stereocenters. The molecule has 1 aliphatic heterocycles. The molecule has 0 saturated carbocycles. The summed E-state index contributed by atoms with van der Waals surface area (Å²) in [7, 11) is 0. The van der Waals surface area contributed by atoms with Gasteiger partial charge in [0.1, 0.15) is 5.82 Å². The molecular formula is C19H22N6O. The van der Waals surface area contributed by atoms with Crippen LogP contribution in [0.1, 0.15) is 46.8 Å². The van der Waals surface area contributed by atoms with E-state index >= 15 is 0 Å². The number of rotatable bonds is 4. The van der Waals surface area contributed by atoms with Crippen LogP contribution in [0.2, 0.25) is 0 Å². The Balaban J connectivity index is 1.52. The molecule has 0 saturated heterocycles. The van der Waals surface area contributed by atoms with E-state index in [-0.39, 0.29) is 11.9 Å². The molecule has 0 fully saturated rings. The first-order chi connectivity index (χ1) is 12.7. The summed E-state index contributed by atoms with van der Waals surface area (Å²) in [4.78, 5) is 15.1. The number of aromatic nitrogens is 5. The van der Waals surface area contributed by atoms with E-state index in [1.807, 2.05) is 36.1 Å². The topological polar surface area (TPSA) is 68.8 Å². The second kappa shape index (κ2) is 6.74. The zero-order chi connectivity index (χ0) is 18.1. The zero-order valence-electron chi connectivity index (χ0n) is 15.0. The predicted molar refractivity (Wildman–Crippen MR) is 96.6 cm³/mol. The number of hydrogen-bond donors (Lipinski definition) is 0. The maximum absolute atomic E-state index is 13.1. The molecule has 2 aromatic heterocycles. The number of amides is 1. The molecule has 3 aromatic rings. The van der Waals surface area contributed by atoms with Crippen LogP contribution in [0.25, 0.3) is 0 Å². The van der Waals surface area contributed by atoms with Gasteiger partial charge in [0.15, 0.2) is 0 Å². The van der Waals surface area contributed by atoms with Crippen LogP contribution in [0.3, 0.4) is 0 Å². The second-order valence-electron chi connectivity index (χ2n) is 6.63. The smallest absolute Gasteiger partial charge is 0.254 e. The third-order valence-electron chi connectivity index (χ3n) is 5.06. The first-order valence-corrected chi connectivity index (χ1v) is 8.95. The predicted octanol–water partition coefficient (Wildman–Crippen LogP) is 2.44. The number of carbonyl (C=O) groups is 1. The maximum atomic E-state index is 13.1. The minimum Gasteiger partial charge on any atom is -0.348 e. The van der Waals surface area contributed by atoms with Gasteiger partial charge in [-0.15, -0.1) is 5.10 Å². The third-order valence-corrected chi connectivity index (χ3v) is 5.06. The summed E-state index contributed by atoms with van der Waals surface area (Å²) in [5, 5.41) is 11.5. The lowest BCUT2D eigenvalue weighted by Gasteiger charge is -2.36. The molecular weight excluding hydrogens is 328 g/mol. The van der Waals surface area contributed by atoms with Crippen molar-refractivity contribution in [1.29, 1.82) is 0 Å². The maximum Gasteiger partial charge on any atom is 0.254 e. The Labute approximate surface area is 152 Å². The SMILES string of the molecule is CC[C@H]1c2cccn2CCN1C(=O)c1ccc(Cn2nnnc2C)cc1. The standard InChI is InChI=1S/C19H22N6O/c1-3-17-18-5-4-10-23(18)11-12-24(17)19(26)16-8-6-15(7-9-16)13-25-14(2)20-21-22-25/h4-10,17H,3,11-13H2,1-2H3/t17-/m0/s1. The van der Waals surface area contributed by atoms with E-state index in [2.05, 4.69) is 45.3 Å². The Bertz CT molecular complexity index is 910. The van der Waals surface area contributed by atoms with E-state index in [0.29, 0.717) is 6.54 Å². The summed E-state index contributed by atoms with van der Waals surface area (Å²) in [5.74, 6) is 0.863. The van der Waals surface area contributed by atoms with Gasteiger partial charge in [0, 0.05) is 30.5 Å². The van der Waals surface area contributed by atoms with Gasteiger partial charge >= 0.3 is 0 Å². The quantitative estimate of drug-likeness (QED) is 0.725. The minimum absolute atomic E-state index is 0.0921.